The molecule has 7 heteroatoms. The average molecular weight is 317 g/mol. The van der Waals surface area contributed by atoms with Gasteiger partial charge in [0.2, 0.25) is 0 Å². The molecule has 1 aliphatic carbocycles. The third-order valence-electron chi connectivity index (χ3n) is 3.11. The van der Waals surface area contributed by atoms with Crippen molar-refractivity contribution in [3.63, 3.8) is 0 Å². The SMILES string of the molecule is OC1CCCCC1Sc1nnc(-c2ccc(Cl)s2)o1. The van der Waals surface area contributed by atoms with Crippen molar-refractivity contribution in [2.75, 3.05) is 0 Å². The van der Waals surface area contributed by atoms with Crippen LogP contribution in [-0.4, -0.2) is 26.7 Å². The van der Waals surface area contributed by atoms with Gasteiger partial charge in [0.25, 0.3) is 11.1 Å². The number of thiophene rings is 1. The molecule has 1 fully saturated rings. The molecule has 3 rings (SSSR count). The maximum atomic E-state index is 9.93. The van der Waals surface area contributed by atoms with Crippen molar-refractivity contribution in [2.45, 2.75) is 42.3 Å². The summed E-state index contributed by atoms with van der Waals surface area (Å²) in [5.74, 6) is 0.490. The summed E-state index contributed by atoms with van der Waals surface area (Å²) in [6.07, 6.45) is 3.83. The van der Waals surface area contributed by atoms with E-state index in [0.717, 1.165) is 30.6 Å². The Balaban J connectivity index is 1.71. The average Bonchev–Trinajstić information content (AvgIpc) is 3.01. The maximum Gasteiger partial charge on any atom is 0.277 e. The molecule has 0 aromatic carbocycles. The Labute approximate surface area is 124 Å². The Morgan fingerprint density at radius 1 is 1.32 bits per heavy atom. The summed E-state index contributed by atoms with van der Waals surface area (Å²) >= 11 is 8.77. The largest absolute Gasteiger partial charge is 0.410 e. The second-order valence-electron chi connectivity index (χ2n) is 4.48. The van der Waals surface area contributed by atoms with Crippen LogP contribution in [0.15, 0.2) is 21.8 Å². The van der Waals surface area contributed by atoms with E-state index in [-0.39, 0.29) is 11.4 Å². The van der Waals surface area contributed by atoms with Crippen LogP contribution in [0.5, 0.6) is 0 Å². The molecule has 4 nitrogen and oxygen atoms in total. The van der Waals surface area contributed by atoms with Crippen molar-refractivity contribution in [1.29, 1.82) is 0 Å². The lowest BCUT2D eigenvalue weighted by molar-refractivity contribution is 0.136. The number of rotatable bonds is 3. The van der Waals surface area contributed by atoms with Gasteiger partial charge in [-0.05, 0) is 25.0 Å². The normalized spacial score (nSPS) is 23.7. The zero-order valence-electron chi connectivity index (χ0n) is 10.1. The van der Waals surface area contributed by atoms with Crippen LogP contribution >= 0.6 is 34.7 Å². The van der Waals surface area contributed by atoms with E-state index in [2.05, 4.69) is 10.2 Å². The molecule has 0 amide bonds. The number of aliphatic hydroxyl groups excluding tert-OH is 1. The van der Waals surface area contributed by atoms with Crippen LogP contribution in [0, 0.1) is 0 Å². The molecule has 2 atom stereocenters. The summed E-state index contributed by atoms with van der Waals surface area (Å²) in [5, 5.41) is 18.7. The molecule has 0 spiro atoms. The van der Waals surface area contributed by atoms with Crippen molar-refractivity contribution < 1.29 is 9.52 Å². The highest BCUT2D eigenvalue weighted by Gasteiger charge is 2.26. The highest BCUT2D eigenvalue weighted by atomic mass is 35.5. The summed E-state index contributed by atoms with van der Waals surface area (Å²) in [6.45, 7) is 0. The minimum absolute atomic E-state index is 0.161. The molecular weight excluding hydrogens is 304 g/mol. The molecule has 0 saturated heterocycles. The van der Waals surface area contributed by atoms with E-state index < -0.39 is 0 Å². The van der Waals surface area contributed by atoms with Crippen LogP contribution < -0.4 is 0 Å². The fourth-order valence-electron chi connectivity index (χ4n) is 2.13. The zero-order valence-corrected chi connectivity index (χ0v) is 12.5. The third kappa shape index (κ3) is 3.13. The van der Waals surface area contributed by atoms with Gasteiger partial charge in [0, 0.05) is 5.25 Å². The molecular formula is C12H13ClN2O2S2. The monoisotopic (exact) mass is 316 g/mol. The fourth-order valence-corrected chi connectivity index (χ4v) is 4.15. The van der Waals surface area contributed by atoms with Crippen LogP contribution in [0.3, 0.4) is 0 Å². The predicted octanol–water partition coefficient (Wildman–Crippen LogP) is 3.85. The van der Waals surface area contributed by atoms with Crippen molar-refractivity contribution >= 4 is 34.7 Å². The van der Waals surface area contributed by atoms with Gasteiger partial charge in [-0.2, -0.15) is 0 Å². The van der Waals surface area contributed by atoms with Crippen LogP contribution in [-0.2, 0) is 0 Å². The number of nitrogens with zero attached hydrogens (tertiary/aromatic N) is 2. The molecule has 1 saturated carbocycles. The molecule has 0 aliphatic heterocycles. The van der Waals surface area contributed by atoms with Crippen molar-refractivity contribution in [3.8, 4) is 10.8 Å². The Kier molecular flexibility index (Phi) is 4.12. The van der Waals surface area contributed by atoms with E-state index in [1.165, 1.54) is 23.1 Å². The summed E-state index contributed by atoms with van der Waals surface area (Å²) in [7, 11) is 0. The highest BCUT2D eigenvalue weighted by molar-refractivity contribution is 7.99. The van der Waals surface area contributed by atoms with Crippen LogP contribution in [0.1, 0.15) is 25.7 Å². The second kappa shape index (κ2) is 5.83. The minimum Gasteiger partial charge on any atom is -0.410 e. The Morgan fingerprint density at radius 2 is 2.16 bits per heavy atom. The summed E-state index contributed by atoms with van der Waals surface area (Å²) in [6, 6.07) is 3.67. The fraction of sp³-hybridized carbons (Fsp3) is 0.500. The molecule has 2 heterocycles. The first-order chi connectivity index (χ1) is 9.22. The van der Waals surface area contributed by atoms with Crippen LogP contribution in [0.2, 0.25) is 4.34 Å². The van der Waals surface area contributed by atoms with Gasteiger partial charge in [0.15, 0.2) is 0 Å². The van der Waals surface area contributed by atoms with E-state index in [9.17, 15) is 5.11 Å². The van der Waals surface area contributed by atoms with Crippen molar-refractivity contribution in [3.05, 3.63) is 16.5 Å². The highest BCUT2D eigenvalue weighted by Crippen LogP contribution is 2.36. The van der Waals surface area contributed by atoms with E-state index in [1.54, 1.807) is 0 Å². The number of aliphatic hydroxyl groups is 1. The van der Waals surface area contributed by atoms with Crippen molar-refractivity contribution in [2.24, 2.45) is 0 Å². The second-order valence-corrected chi connectivity index (χ2v) is 7.39. The molecule has 0 bridgehead atoms. The molecule has 0 radical (unpaired) electrons. The van der Waals surface area contributed by atoms with Crippen molar-refractivity contribution in [1.82, 2.24) is 10.2 Å². The topological polar surface area (TPSA) is 59.2 Å². The number of thioether (sulfide) groups is 1. The molecule has 19 heavy (non-hydrogen) atoms. The molecule has 2 aromatic heterocycles. The smallest absolute Gasteiger partial charge is 0.277 e. The molecule has 2 unspecified atom stereocenters. The lowest BCUT2D eigenvalue weighted by Crippen LogP contribution is -2.26. The van der Waals surface area contributed by atoms with Gasteiger partial charge in [-0.3, -0.25) is 0 Å². The number of hydrogen-bond acceptors (Lipinski definition) is 6. The Bertz CT molecular complexity index is 557. The minimum atomic E-state index is -0.273. The quantitative estimate of drug-likeness (QED) is 0.932. The number of hydrogen-bond donors (Lipinski definition) is 1. The molecule has 1 aliphatic rings. The molecule has 2 aromatic rings. The zero-order chi connectivity index (χ0) is 13.2. The van der Waals surface area contributed by atoms with E-state index in [1.807, 2.05) is 12.1 Å². The van der Waals surface area contributed by atoms with Gasteiger partial charge in [-0.15, -0.1) is 21.5 Å². The van der Waals surface area contributed by atoms with Gasteiger partial charge in [-0.1, -0.05) is 36.2 Å². The van der Waals surface area contributed by atoms with Crippen LogP contribution in [0.25, 0.3) is 10.8 Å². The first-order valence-corrected chi connectivity index (χ1v) is 8.24. The summed E-state index contributed by atoms with van der Waals surface area (Å²) in [5.41, 5.74) is 0. The number of halogens is 1. The van der Waals surface area contributed by atoms with E-state index in [4.69, 9.17) is 16.0 Å². The Morgan fingerprint density at radius 3 is 2.89 bits per heavy atom. The lowest BCUT2D eigenvalue weighted by Gasteiger charge is -2.25. The summed E-state index contributed by atoms with van der Waals surface area (Å²) < 4.78 is 6.31. The van der Waals surface area contributed by atoms with Gasteiger partial charge in [0.1, 0.15) is 0 Å². The molecule has 1 N–H and O–H groups in total. The van der Waals surface area contributed by atoms with Crippen LogP contribution in [0.4, 0.5) is 0 Å². The van der Waals surface area contributed by atoms with Gasteiger partial charge in [-0.25, -0.2) is 0 Å². The number of aromatic nitrogens is 2. The third-order valence-corrected chi connectivity index (χ3v) is 5.55. The summed E-state index contributed by atoms with van der Waals surface area (Å²) in [4.78, 5) is 0.869. The maximum absolute atomic E-state index is 9.93. The molecule has 102 valence electrons. The first-order valence-electron chi connectivity index (χ1n) is 6.16. The Hall–Kier alpha value is -0.560. The first kappa shape index (κ1) is 13.4. The van der Waals surface area contributed by atoms with Gasteiger partial charge >= 0.3 is 0 Å². The van der Waals surface area contributed by atoms with Gasteiger partial charge < -0.3 is 9.52 Å². The van der Waals surface area contributed by atoms with E-state index in [0.29, 0.717) is 15.4 Å². The van der Waals surface area contributed by atoms with Gasteiger partial charge in [0.05, 0.1) is 15.3 Å². The predicted molar refractivity (Wildman–Crippen MR) is 76.7 cm³/mol. The lowest BCUT2D eigenvalue weighted by atomic mass is 9.97. The standard InChI is InChI=1S/C12H13ClN2O2S2/c13-10-6-5-9(18-10)11-14-15-12(17-11)19-8-4-2-1-3-7(8)16/h5-8,16H,1-4H2. The van der Waals surface area contributed by atoms with E-state index >= 15 is 0 Å².